The molecule has 1 unspecified atom stereocenters. The van der Waals surface area contributed by atoms with Crippen LogP contribution in [0.4, 0.5) is 15.8 Å². The Bertz CT molecular complexity index is 1200. The fourth-order valence-electron chi connectivity index (χ4n) is 4.38. The van der Waals surface area contributed by atoms with Gasteiger partial charge in [-0.3, -0.25) is 19.8 Å². The average Bonchev–Trinajstić information content (AvgIpc) is 2.92. The summed E-state index contributed by atoms with van der Waals surface area (Å²) in [6.45, 7) is 3.48. The largest absolute Gasteiger partial charge is 0.490 e. The van der Waals surface area contributed by atoms with Crippen molar-refractivity contribution >= 4 is 17.2 Å². The van der Waals surface area contributed by atoms with E-state index in [0.717, 1.165) is 37.4 Å². The van der Waals surface area contributed by atoms with Gasteiger partial charge in [0.25, 0.3) is 5.69 Å². The highest BCUT2D eigenvalue weighted by Gasteiger charge is 2.21. The quantitative estimate of drug-likeness (QED) is 0.237. The minimum absolute atomic E-state index is 0.0603. The summed E-state index contributed by atoms with van der Waals surface area (Å²) in [6.07, 6.45) is 0.0449. The lowest BCUT2D eigenvalue weighted by molar-refractivity contribution is -0.384. The average molecular weight is 508 g/mol. The molecule has 1 heterocycles. The van der Waals surface area contributed by atoms with E-state index in [0.29, 0.717) is 24.3 Å². The summed E-state index contributed by atoms with van der Waals surface area (Å²) in [4.78, 5) is 27.6. The number of non-ortho nitro benzene ring substituents is 1. The number of aliphatic hydroxyl groups is 1. The number of hydrogen-bond donors (Lipinski definition) is 1. The van der Waals surface area contributed by atoms with E-state index in [1.807, 2.05) is 0 Å². The predicted octanol–water partition coefficient (Wildman–Crippen LogP) is 4.11. The van der Waals surface area contributed by atoms with Crippen LogP contribution in [0.25, 0.3) is 0 Å². The van der Waals surface area contributed by atoms with Crippen LogP contribution in [0.2, 0.25) is 0 Å². The number of rotatable bonds is 11. The lowest BCUT2D eigenvalue weighted by Crippen LogP contribution is -2.49. The van der Waals surface area contributed by atoms with Gasteiger partial charge in [0, 0.05) is 57.0 Å². The van der Waals surface area contributed by atoms with E-state index in [2.05, 4.69) is 9.80 Å². The molecule has 1 saturated heterocycles. The Kier molecular flexibility index (Phi) is 8.81. The third kappa shape index (κ3) is 7.34. The summed E-state index contributed by atoms with van der Waals surface area (Å²) in [5.41, 5.74) is 2.36. The van der Waals surface area contributed by atoms with E-state index in [-0.39, 0.29) is 30.3 Å². The van der Waals surface area contributed by atoms with Gasteiger partial charge in [0.2, 0.25) is 0 Å². The zero-order valence-electron chi connectivity index (χ0n) is 20.5. The van der Waals surface area contributed by atoms with Crippen LogP contribution in [0.3, 0.4) is 0 Å². The zero-order valence-corrected chi connectivity index (χ0v) is 20.5. The monoisotopic (exact) mass is 507 g/mol. The molecule has 0 amide bonds. The molecule has 0 aliphatic carbocycles. The summed E-state index contributed by atoms with van der Waals surface area (Å²) >= 11 is 0. The Hall–Kier alpha value is -3.82. The molecule has 9 heteroatoms. The molecule has 3 aromatic carbocycles. The van der Waals surface area contributed by atoms with Gasteiger partial charge in [-0.25, -0.2) is 4.39 Å². The third-order valence-electron chi connectivity index (χ3n) is 6.44. The van der Waals surface area contributed by atoms with Crippen LogP contribution >= 0.6 is 0 Å². The van der Waals surface area contributed by atoms with Crippen LogP contribution in [0, 0.1) is 15.9 Å². The van der Waals surface area contributed by atoms with Gasteiger partial charge in [-0.2, -0.15) is 0 Å². The van der Waals surface area contributed by atoms with Crippen LogP contribution in [0.5, 0.6) is 5.75 Å². The van der Waals surface area contributed by atoms with Crippen LogP contribution in [0.1, 0.15) is 22.3 Å². The van der Waals surface area contributed by atoms with E-state index >= 15 is 0 Å². The van der Waals surface area contributed by atoms with Crippen LogP contribution in [0.15, 0.2) is 72.8 Å². The molecule has 1 aliphatic rings. The Morgan fingerprint density at radius 3 is 2.35 bits per heavy atom. The molecule has 1 N–H and O–H groups in total. The van der Waals surface area contributed by atoms with E-state index in [9.17, 15) is 24.4 Å². The number of aryl methyl sites for hydroxylation is 1. The van der Waals surface area contributed by atoms with Gasteiger partial charge >= 0.3 is 0 Å². The van der Waals surface area contributed by atoms with Crippen LogP contribution < -0.4 is 9.64 Å². The highest BCUT2D eigenvalue weighted by atomic mass is 19.1. The van der Waals surface area contributed by atoms with Gasteiger partial charge in [0.1, 0.15) is 24.3 Å². The molecule has 1 atom stereocenters. The van der Waals surface area contributed by atoms with E-state index in [4.69, 9.17) is 4.74 Å². The highest BCUT2D eigenvalue weighted by Crippen LogP contribution is 2.22. The van der Waals surface area contributed by atoms with E-state index in [1.165, 1.54) is 24.3 Å². The number of β-amino-alcohol motifs (C(OH)–C–C–N with tert-alkyl or cyclic N) is 1. The lowest BCUT2D eigenvalue weighted by Gasteiger charge is -2.36. The zero-order chi connectivity index (χ0) is 26.2. The molecular formula is C28H30FN3O5. The number of anilines is 1. The Morgan fingerprint density at radius 1 is 1.00 bits per heavy atom. The van der Waals surface area contributed by atoms with Crippen molar-refractivity contribution in [2.24, 2.45) is 0 Å². The van der Waals surface area contributed by atoms with Crippen LogP contribution in [-0.4, -0.2) is 66.1 Å². The first kappa shape index (κ1) is 26.2. The number of nitro groups is 1. The second-order valence-corrected chi connectivity index (χ2v) is 9.07. The van der Waals surface area contributed by atoms with Crippen molar-refractivity contribution < 1.29 is 24.0 Å². The van der Waals surface area contributed by atoms with Gasteiger partial charge in [0.05, 0.1) is 10.5 Å². The molecule has 1 aliphatic heterocycles. The molecule has 3 aromatic rings. The molecule has 0 bridgehead atoms. The number of halogens is 1. The first-order valence-electron chi connectivity index (χ1n) is 12.3. The second kappa shape index (κ2) is 12.4. The Labute approximate surface area is 215 Å². The molecular weight excluding hydrogens is 477 g/mol. The molecule has 0 aromatic heterocycles. The maximum Gasteiger partial charge on any atom is 0.269 e. The highest BCUT2D eigenvalue weighted by molar-refractivity contribution is 5.98. The van der Waals surface area contributed by atoms with Crippen molar-refractivity contribution in [1.29, 1.82) is 0 Å². The topological polar surface area (TPSA) is 96.2 Å². The number of nitro benzene ring substituents is 1. The number of benzene rings is 3. The molecule has 0 spiro atoms. The molecule has 0 saturated carbocycles. The van der Waals surface area contributed by atoms with Crippen molar-refractivity contribution in [2.45, 2.75) is 18.9 Å². The molecule has 0 radical (unpaired) electrons. The standard InChI is InChI=1S/C28H30FN3O5/c29-22-8-5-21(6-9-22)7-14-27(34)26-3-1-2-4-28(26)37-20-25(33)19-30-15-17-31(18-16-30)23-10-12-24(13-11-23)32(35)36/h1-6,8-13,25,33H,7,14-20H2. The summed E-state index contributed by atoms with van der Waals surface area (Å²) in [5, 5.41) is 21.4. The van der Waals surface area contributed by atoms with Crippen molar-refractivity contribution in [2.75, 3.05) is 44.2 Å². The second-order valence-electron chi connectivity index (χ2n) is 9.07. The molecule has 1 fully saturated rings. The van der Waals surface area contributed by atoms with Crippen molar-refractivity contribution in [1.82, 2.24) is 4.90 Å². The number of Topliss-reactive ketones (excluding diaryl/α,β-unsaturated/α-hetero) is 1. The SMILES string of the molecule is O=C(CCc1ccc(F)cc1)c1ccccc1OCC(O)CN1CCN(c2ccc([N+](=O)[O-])cc2)CC1. The number of piperazine rings is 1. The number of hydrogen-bond acceptors (Lipinski definition) is 7. The van der Waals surface area contributed by atoms with Crippen molar-refractivity contribution in [3.05, 3.63) is 99.9 Å². The summed E-state index contributed by atoms with van der Waals surface area (Å²) < 4.78 is 18.9. The third-order valence-corrected chi connectivity index (χ3v) is 6.44. The van der Waals surface area contributed by atoms with Gasteiger partial charge in [-0.15, -0.1) is 0 Å². The predicted molar refractivity (Wildman–Crippen MR) is 139 cm³/mol. The number of ketones is 1. The summed E-state index contributed by atoms with van der Waals surface area (Å²) in [7, 11) is 0. The minimum atomic E-state index is -0.728. The van der Waals surface area contributed by atoms with Gasteiger partial charge in [-0.1, -0.05) is 24.3 Å². The fourth-order valence-corrected chi connectivity index (χ4v) is 4.38. The number of para-hydroxylation sites is 1. The smallest absolute Gasteiger partial charge is 0.269 e. The maximum absolute atomic E-state index is 13.1. The van der Waals surface area contributed by atoms with Gasteiger partial charge in [0.15, 0.2) is 5.78 Å². The maximum atomic E-state index is 13.1. The van der Waals surface area contributed by atoms with Crippen molar-refractivity contribution in [3.63, 3.8) is 0 Å². The normalized spacial score (nSPS) is 14.8. The molecule has 37 heavy (non-hydrogen) atoms. The molecule has 194 valence electrons. The molecule has 4 rings (SSSR count). The molecule has 8 nitrogen and oxygen atoms in total. The van der Waals surface area contributed by atoms with E-state index < -0.39 is 11.0 Å². The number of ether oxygens (including phenoxy) is 1. The number of carbonyl (C=O) groups excluding carboxylic acids is 1. The number of aliphatic hydroxyl groups excluding tert-OH is 1. The number of carbonyl (C=O) groups is 1. The summed E-state index contributed by atoms with van der Waals surface area (Å²) in [6, 6.07) is 19.6. The summed E-state index contributed by atoms with van der Waals surface area (Å²) in [5.74, 6) is 0.0594. The lowest BCUT2D eigenvalue weighted by atomic mass is 10.0. The number of nitrogens with zero attached hydrogens (tertiary/aromatic N) is 3. The van der Waals surface area contributed by atoms with Crippen molar-refractivity contribution in [3.8, 4) is 5.75 Å². The Balaban J connectivity index is 1.23. The fraction of sp³-hybridized carbons (Fsp3) is 0.321. The first-order valence-corrected chi connectivity index (χ1v) is 12.3. The van der Waals surface area contributed by atoms with Crippen LogP contribution in [-0.2, 0) is 6.42 Å². The Morgan fingerprint density at radius 2 is 1.68 bits per heavy atom. The van der Waals surface area contributed by atoms with Gasteiger partial charge in [-0.05, 0) is 48.4 Å². The van der Waals surface area contributed by atoms with E-state index in [1.54, 1.807) is 48.5 Å². The van der Waals surface area contributed by atoms with Gasteiger partial charge < -0.3 is 14.7 Å². The minimum Gasteiger partial charge on any atom is -0.490 e. The first-order chi connectivity index (χ1) is 17.9.